The van der Waals surface area contributed by atoms with Gasteiger partial charge in [0.25, 0.3) is 0 Å². The summed E-state index contributed by atoms with van der Waals surface area (Å²) >= 11 is 0. The third-order valence-corrected chi connectivity index (χ3v) is 3.83. The molecule has 1 aliphatic carbocycles. The molecule has 88 valence electrons. The molecule has 0 spiro atoms. The molecule has 1 saturated carbocycles. The summed E-state index contributed by atoms with van der Waals surface area (Å²) in [7, 11) is 0. The Balaban J connectivity index is 1.99. The second-order valence-corrected chi connectivity index (χ2v) is 5.26. The Kier molecular flexibility index (Phi) is 3.65. The second-order valence-electron chi connectivity index (χ2n) is 5.26. The van der Waals surface area contributed by atoms with E-state index < -0.39 is 0 Å². The van der Waals surface area contributed by atoms with Crippen molar-refractivity contribution in [3.8, 4) is 0 Å². The third-order valence-electron chi connectivity index (χ3n) is 3.83. The van der Waals surface area contributed by atoms with Crippen LogP contribution in [0.1, 0.15) is 62.6 Å². The average molecular weight is 217 g/mol. The van der Waals surface area contributed by atoms with Crippen LogP contribution in [-0.4, -0.2) is 0 Å². The van der Waals surface area contributed by atoms with E-state index in [0.29, 0.717) is 5.92 Å². The maximum atomic E-state index is 6.19. The fourth-order valence-electron chi connectivity index (χ4n) is 2.16. The van der Waals surface area contributed by atoms with Gasteiger partial charge in [0, 0.05) is 6.04 Å². The molecule has 1 aliphatic rings. The summed E-state index contributed by atoms with van der Waals surface area (Å²) in [6.07, 6.45) is 5.15. The standard InChI is InChI=1S/C15H23N/c1-3-11(2)13-6-8-14(9-7-13)15(16)10-12-4-5-12/h6-9,11-12,15H,3-5,10,16H2,1-2H3. The first-order valence-electron chi connectivity index (χ1n) is 6.56. The summed E-state index contributed by atoms with van der Waals surface area (Å²) in [6, 6.07) is 9.17. The number of nitrogens with two attached hydrogens (primary N) is 1. The summed E-state index contributed by atoms with van der Waals surface area (Å²) in [5.74, 6) is 1.57. The molecule has 1 heteroatoms. The molecule has 16 heavy (non-hydrogen) atoms. The van der Waals surface area contributed by atoms with Gasteiger partial charge in [0.15, 0.2) is 0 Å². The van der Waals surface area contributed by atoms with Gasteiger partial charge in [0.1, 0.15) is 0 Å². The van der Waals surface area contributed by atoms with E-state index in [2.05, 4.69) is 38.1 Å². The highest BCUT2D eigenvalue weighted by atomic mass is 14.6. The molecular weight excluding hydrogens is 194 g/mol. The molecule has 0 saturated heterocycles. The summed E-state index contributed by atoms with van der Waals surface area (Å²) in [5, 5.41) is 0. The molecule has 0 aromatic heterocycles. The normalized spacial score (nSPS) is 19.4. The Labute approximate surface area is 99.0 Å². The Morgan fingerprint density at radius 1 is 1.19 bits per heavy atom. The summed E-state index contributed by atoms with van der Waals surface area (Å²) in [6.45, 7) is 4.51. The van der Waals surface area contributed by atoms with E-state index >= 15 is 0 Å². The maximum absolute atomic E-state index is 6.19. The van der Waals surface area contributed by atoms with Gasteiger partial charge in [-0.3, -0.25) is 0 Å². The van der Waals surface area contributed by atoms with Crippen LogP contribution >= 0.6 is 0 Å². The van der Waals surface area contributed by atoms with E-state index in [0.717, 1.165) is 5.92 Å². The maximum Gasteiger partial charge on any atom is 0.0297 e. The van der Waals surface area contributed by atoms with Gasteiger partial charge in [0.05, 0.1) is 0 Å². The molecule has 0 bridgehead atoms. The minimum Gasteiger partial charge on any atom is -0.324 e. The highest BCUT2D eigenvalue weighted by Gasteiger charge is 2.24. The van der Waals surface area contributed by atoms with Gasteiger partial charge >= 0.3 is 0 Å². The van der Waals surface area contributed by atoms with E-state index in [9.17, 15) is 0 Å². The van der Waals surface area contributed by atoms with Gasteiger partial charge in [-0.1, -0.05) is 51.0 Å². The zero-order chi connectivity index (χ0) is 11.5. The Hall–Kier alpha value is -0.820. The molecule has 1 fully saturated rings. The summed E-state index contributed by atoms with van der Waals surface area (Å²) < 4.78 is 0. The Bertz CT molecular complexity index is 324. The molecule has 0 amide bonds. The van der Waals surface area contributed by atoms with Crippen molar-refractivity contribution >= 4 is 0 Å². The fraction of sp³-hybridized carbons (Fsp3) is 0.600. The molecule has 2 rings (SSSR count). The smallest absolute Gasteiger partial charge is 0.0297 e. The van der Waals surface area contributed by atoms with Crippen molar-refractivity contribution in [2.45, 2.75) is 51.5 Å². The van der Waals surface area contributed by atoms with Crippen LogP contribution in [0.15, 0.2) is 24.3 Å². The van der Waals surface area contributed by atoms with Crippen LogP contribution in [0.25, 0.3) is 0 Å². The summed E-state index contributed by atoms with van der Waals surface area (Å²) in [4.78, 5) is 0. The molecule has 0 heterocycles. The molecule has 1 aromatic rings. The van der Waals surface area contributed by atoms with Gasteiger partial charge in [0.2, 0.25) is 0 Å². The van der Waals surface area contributed by atoms with E-state index in [4.69, 9.17) is 5.73 Å². The van der Waals surface area contributed by atoms with Crippen LogP contribution in [0.3, 0.4) is 0 Å². The van der Waals surface area contributed by atoms with Crippen molar-refractivity contribution in [1.82, 2.24) is 0 Å². The topological polar surface area (TPSA) is 26.0 Å². The van der Waals surface area contributed by atoms with Crippen LogP contribution in [0.2, 0.25) is 0 Å². The quantitative estimate of drug-likeness (QED) is 0.792. The van der Waals surface area contributed by atoms with Crippen LogP contribution in [0, 0.1) is 5.92 Å². The second kappa shape index (κ2) is 5.01. The minimum absolute atomic E-state index is 0.249. The average Bonchev–Trinajstić information content (AvgIpc) is 3.12. The van der Waals surface area contributed by atoms with E-state index in [1.54, 1.807) is 0 Å². The lowest BCUT2D eigenvalue weighted by atomic mass is 9.95. The van der Waals surface area contributed by atoms with Crippen molar-refractivity contribution in [3.05, 3.63) is 35.4 Å². The van der Waals surface area contributed by atoms with Crippen molar-refractivity contribution in [3.63, 3.8) is 0 Å². The predicted octanol–water partition coefficient (Wildman–Crippen LogP) is 4.00. The first-order chi connectivity index (χ1) is 7.70. The van der Waals surface area contributed by atoms with Gasteiger partial charge in [-0.25, -0.2) is 0 Å². The molecule has 1 nitrogen and oxygen atoms in total. The van der Waals surface area contributed by atoms with Crippen LogP contribution < -0.4 is 5.73 Å². The third kappa shape index (κ3) is 2.85. The van der Waals surface area contributed by atoms with Crippen LogP contribution in [0.4, 0.5) is 0 Å². The van der Waals surface area contributed by atoms with Gasteiger partial charge < -0.3 is 5.73 Å². The highest BCUT2D eigenvalue weighted by molar-refractivity contribution is 5.27. The predicted molar refractivity (Wildman–Crippen MR) is 69.4 cm³/mol. The van der Waals surface area contributed by atoms with Crippen molar-refractivity contribution in [2.24, 2.45) is 11.7 Å². The zero-order valence-electron chi connectivity index (χ0n) is 10.4. The first-order valence-corrected chi connectivity index (χ1v) is 6.56. The van der Waals surface area contributed by atoms with Crippen molar-refractivity contribution in [2.75, 3.05) is 0 Å². The summed E-state index contributed by atoms with van der Waals surface area (Å²) in [5.41, 5.74) is 8.93. The Morgan fingerprint density at radius 2 is 1.75 bits per heavy atom. The van der Waals surface area contributed by atoms with E-state index in [1.807, 2.05) is 0 Å². The minimum atomic E-state index is 0.249. The van der Waals surface area contributed by atoms with Gasteiger partial charge in [-0.2, -0.15) is 0 Å². The molecule has 0 aliphatic heterocycles. The monoisotopic (exact) mass is 217 g/mol. The van der Waals surface area contributed by atoms with Crippen LogP contribution in [-0.2, 0) is 0 Å². The molecular formula is C15H23N. The van der Waals surface area contributed by atoms with Crippen molar-refractivity contribution < 1.29 is 0 Å². The zero-order valence-corrected chi connectivity index (χ0v) is 10.4. The first kappa shape index (κ1) is 11.7. The number of rotatable bonds is 5. The number of hydrogen-bond acceptors (Lipinski definition) is 1. The molecule has 2 N–H and O–H groups in total. The van der Waals surface area contributed by atoms with Gasteiger partial charge in [-0.05, 0) is 35.8 Å². The lowest BCUT2D eigenvalue weighted by Crippen LogP contribution is -2.11. The van der Waals surface area contributed by atoms with E-state index in [-0.39, 0.29) is 6.04 Å². The van der Waals surface area contributed by atoms with Gasteiger partial charge in [-0.15, -0.1) is 0 Å². The SMILES string of the molecule is CCC(C)c1ccc(C(N)CC2CC2)cc1. The lowest BCUT2D eigenvalue weighted by molar-refractivity contribution is 0.596. The Morgan fingerprint density at radius 3 is 2.25 bits per heavy atom. The number of benzene rings is 1. The van der Waals surface area contributed by atoms with Crippen LogP contribution in [0.5, 0.6) is 0 Å². The number of hydrogen-bond donors (Lipinski definition) is 1. The lowest BCUT2D eigenvalue weighted by Gasteiger charge is -2.14. The van der Waals surface area contributed by atoms with Crippen molar-refractivity contribution in [1.29, 1.82) is 0 Å². The molecule has 2 unspecified atom stereocenters. The molecule has 0 radical (unpaired) electrons. The molecule has 1 aromatic carbocycles. The highest BCUT2D eigenvalue weighted by Crippen LogP contribution is 2.36. The molecule has 2 atom stereocenters. The van der Waals surface area contributed by atoms with E-state index in [1.165, 1.54) is 36.8 Å². The largest absolute Gasteiger partial charge is 0.324 e. The fourth-order valence-corrected chi connectivity index (χ4v) is 2.16.